The average Bonchev–Trinajstić information content (AvgIpc) is 2.69. The van der Waals surface area contributed by atoms with Crippen LogP contribution in [0.1, 0.15) is 25.5 Å². The molecule has 2 rings (SSSR count). The minimum absolute atomic E-state index is 0.00779. The molecule has 1 aromatic carbocycles. The fraction of sp³-hybridized carbons (Fsp3) is 0.462. The third kappa shape index (κ3) is 2.86. The molecule has 0 aromatic heterocycles. The summed E-state index contributed by atoms with van der Waals surface area (Å²) in [6, 6.07) is 5.83. The van der Waals surface area contributed by atoms with Gasteiger partial charge < -0.3 is 15.8 Å². The standard InChI is InChI=1S/C13H20N4O2/c1-7-12(14)13(17-16-7)9-4-5-11(19-3)10(6-9)15-8(2)18/h4-7,12-13,16-17H,14H2,1-3H3,(H,15,18). The van der Waals surface area contributed by atoms with Crippen molar-refractivity contribution in [2.75, 3.05) is 12.4 Å². The van der Waals surface area contributed by atoms with E-state index in [4.69, 9.17) is 10.5 Å². The van der Waals surface area contributed by atoms with Crippen LogP contribution in [-0.4, -0.2) is 25.1 Å². The molecule has 0 radical (unpaired) electrons. The lowest BCUT2D eigenvalue weighted by atomic mass is 9.97. The van der Waals surface area contributed by atoms with Crippen molar-refractivity contribution in [3.8, 4) is 5.75 Å². The zero-order chi connectivity index (χ0) is 14.0. The first-order chi connectivity index (χ1) is 9.02. The van der Waals surface area contributed by atoms with Gasteiger partial charge in [0.1, 0.15) is 5.75 Å². The number of nitrogens with one attached hydrogen (secondary N) is 3. The van der Waals surface area contributed by atoms with E-state index >= 15 is 0 Å². The van der Waals surface area contributed by atoms with Gasteiger partial charge in [0.05, 0.1) is 18.8 Å². The number of hydrogen-bond donors (Lipinski definition) is 4. The first kappa shape index (κ1) is 13.8. The number of benzene rings is 1. The van der Waals surface area contributed by atoms with Crippen LogP contribution in [0, 0.1) is 0 Å². The third-order valence-corrected chi connectivity index (χ3v) is 3.32. The summed E-state index contributed by atoms with van der Waals surface area (Å²) in [7, 11) is 1.57. The molecule has 3 unspecified atom stereocenters. The SMILES string of the molecule is COc1ccc(C2NNC(C)C2N)cc1NC(C)=O. The van der Waals surface area contributed by atoms with E-state index in [1.165, 1.54) is 6.92 Å². The van der Waals surface area contributed by atoms with Gasteiger partial charge in [-0.05, 0) is 24.6 Å². The second-order valence-corrected chi connectivity index (χ2v) is 4.77. The highest BCUT2D eigenvalue weighted by molar-refractivity contribution is 5.90. The molecule has 1 aromatic rings. The number of hydrazine groups is 1. The number of ether oxygens (including phenoxy) is 1. The summed E-state index contributed by atoms with van der Waals surface area (Å²) in [5, 5.41) is 2.76. The summed E-state index contributed by atoms with van der Waals surface area (Å²) in [6.45, 7) is 3.49. The molecule has 1 aliphatic rings. The van der Waals surface area contributed by atoms with Crippen LogP contribution in [0.15, 0.2) is 18.2 Å². The lowest BCUT2D eigenvalue weighted by molar-refractivity contribution is -0.114. The third-order valence-electron chi connectivity index (χ3n) is 3.32. The van der Waals surface area contributed by atoms with Crippen molar-refractivity contribution >= 4 is 11.6 Å². The normalized spacial score (nSPS) is 26.2. The predicted molar refractivity (Wildman–Crippen MR) is 73.7 cm³/mol. The van der Waals surface area contributed by atoms with E-state index in [0.717, 1.165) is 5.56 Å². The van der Waals surface area contributed by atoms with Crippen molar-refractivity contribution in [2.45, 2.75) is 32.0 Å². The number of amides is 1. The van der Waals surface area contributed by atoms with Crippen molar-refractivity contribution in [1.29, 1.82) is 0 Å². The number of carbonyl (C=O) groups is 1. The van der Waals surface area contributed by atoms with E-state index in [1.54, 1.807) is 7.11 Å². The van der Waals surface area contributed by atoms with Gasteiger partial charge in [0.15, 0.2) is 0 Å². The molecule has 0 aliphatic carbocycles. The second kappa shape index (κ2) is 5.56. The maximum Gasteiger partial charge on any atom is 0.221 e. The first-order valence-electron chi connectivity index (χ1n) is 6.25. The largest absolute Gasteiger partial charge is 0.495 e. The summed E-state index contributed by atoms with van der Waals surface area (Å²) in [5.41, 5.74) is 14.1. The maximum absolute atomic E-state index is 11.2. The molecule has 19 heavy (non-hydrogen) atoms. The Balaban J connectivity index is 2.29. The highest BCUT2D eigenvalue weighted by Gasteiger charge is 2.31. The second-order valence-electron chi connectivity index (χ2n) is 4.77. The maximum atomic E-state index is 11.2. The first-order valence-corrected chi connectivity index (χ1v) is 6.25. The monoisotopic (exact) mass is 264 g/mol. The fourth-order valence-electron chi connectivity index (χ4n) is 2.21. The molecule has 3 atom stereocenters. The van der Waals surface area contributed by atoms with Crippen molar-refractivity contribution in [3.63, 3.8) is 0 Å². The van der Waals surface area contributed by atoms with Gasteiger partial charge in [0.25, 0.3) is 0 Å². The highest BCUT2D eigenvalue weighted by atomic mass is 16.5. The summed E-state index contributed by atoms with van der Waals surface area (Å²) < 4.78 is 5.23. The Morgan fingerprint density at radius 1 is 1.42 bits per heavy atom. The Bertz CT molecular complexity index is 478. The molecule has 6 nitrogen and oxygen atoms in total. The topological polar surface area (TPSA) is 88.4 Å². The summed E-state index contributed by atoms with van der Waals surface area (Å²) in [6.07, 6.45) is 0. The molecule has 0 bridgehead atoms. The van der Waals surface area contributed by atoms with Crippen LogP contribution < -0.4 is 26.6 Å². The van der Waals surface area contributed by atoms with Gasteiger partial charge >= 0.3 is 0 Å². The van der Waals surface area contributed by atoms with Gasteiger partial charge in [0.2, 0.25) is 5.91 Å². The molecule has 1 fully saturated rings. The van der Waals surface area contributed by atoms with Gasteiger partial charge in [-0.15, -0.1) is 0 Å². The molecule has 0 saturated carbocycles. The van der Waals surface area contributed by atoms with Gasteiger partial charge in [0, 0.05) is 19.0 Å². The van der Waals surface area contributed by atoms with Crippen LogP contribution in [-0.2, 0) is 4.79 Å². The van der Waals surface area contributed by atoms with Crippen LogP contribution in [0.5, 0.6) is 5.75 Å². The molecule has 1 aliphatic heterocycles. The molecule has 104 valence electrons. The molecular weight excluding hydrogens is 244 g/mol. The number of nitrogens with two attached hydrogens (primary N) is 1. The Kier molecular flexibility index (Phi) is 4.04. The predicted octanol–water partition coefficient (Wildman–Crippen LogP) is 0.518. The van der Waals surface area contributed by atoms with E-state index in [9.17, 15) is 4.79 Å². The van der Waals surface area contributed by atoms with E-state index < -0.39 is 0 Å². The van der Waals surface area contributed by atoms with E-state index in [2.05, 4.69) is 16.2 Å². The molecular formula is C13H20N4O2. The smallest absolute Gasteiger partial charge is 0.221 e. The van der Waals surface area contributed by atoms with Crippen LogP contribution >= 0.6 is 0 Å². The minimum Gasteiger partial charge on any atom is -0.495 e. The summed E-state index contributed by atoms with van der Waals surface area (Å²) >= 11 is 0. The quantitative estimate of drug-likeness (QED) is 0.639. The zero-order valence-corrected chi connectivity index (χ0v) is 11.4. The lowest BCUT2D eigenvalue weighted by Gasteiger charge is -2.18. The number of methoxy groups -OCH3 is 1. The molecule has 1 amide bonds. The van der Waals surface area contributed by atoms with E-state index in [0.29, 0.717) is 11.4 Å². The number of carbonyl (C=O) groups excluding carboxylic acids is 1. The molecule has 6 heteroatoms. The van der Waals surface area contributed by atoms with Crippen molar-refractivity contribution in [3.05, 3.63) is 23.8 Å². The Morgan fingerprint density at radius 3 is 2.68 bits per heavy atom. The Labute approximate surface area is 112 Å². The number of rotatable bonds is 3. The average molecular weight is 264 g/mol. The Hall–Kier alpha value is -1.63. The van der Waals surface area contributed by atoms with Crippen LogP contribution in [0.4, 0.5) is 5.69 Å². The van der Waals surface area contributed by atoms with Crippen molar-refractivity contribution in [2.24, 2.45) is 5.73 Å². The fourth-order valence-corrected chi connectivity index (χ4v) is 2.21. The zero-order valence-electron chi connectivity index (χ0n) is 11.4. The molecule has 1 heterocycles. The Morgan fingerprint density at radius 2 is 2.16 bits per heavy atom. The summed E-state index contributed by atoms with van der Waals surface area (Å²) in [5.74, 6) is 0.497. The van der Waals surface area contributed by atoms with E-state index in [-0.39, 0.29) is 24.0 Å². The molecule has 1 saturated heterocycles. The number of anilines is 1. The van der Waals surface area contributed by atoms with Crippen LogP contribution in [0.3, 0.4) is 0 Å². The summed E-state index contributed by atoms with van der Waals surface area (Å²) in [4.78, 5) is 11.2. The van der Waals surface area contributed by atoms with Gasteiger partial charge in [-0.2, -0.15) is 0 Å². The molecule has 5 N–H and O–H groups in total. The van der Waals surface area contributed by atoms with Crippen LogP contribution in [0.2, 0.25) is 0 Å². The van der Waals surface area contributed by atoms with Gasteiger partial charge in [-0.25, -0.2) is 5.43 Å². The van der Waals surface area contributed by atoms with Crippen LogP contribution in [0.25, 0.3) is 0 Å². The molecule has 0 spiro atoms. The van der Waals surface area contributed by atoms with Gasteiger partial charge in [-0.1, -0.05) is 6.07 Å². The number of hydrogen-bond acceptors (Lipinski definition) is 5. The van der Waals surface area contributed by atoms with Crippen molar-refractivity contribution < 1.29 is 9.53 Å². The lowest BCUT2D eigenvalue weighted by Crippen LogP contribution is -2.35. The van der Waals surface area contributed by atoms with Gasteiger partial charge in [-0.3, -0.25) is 10.2 Å². The van der Waals surface area contributed by atoms with Crippen molar-refractivity contribution in [1.82, 2.24) is 10.9 Å². The van der Waals surface area contributed by atoms with E-state index in [1.807, 2.05) is 25.1 Å². The highest BCUT2D eigenvalue weighted by Crippen LogP contribution is 2.30. The minimum atomic E-state index is -0.134.